The summed E-state index contributed by atoms with van der Waals surface area (Å²) in [6, 6.07) is 7.41. The number of rotatable bonds is 8. The van der Waals surface area contributed by atoms with Crippen molar-refractivity contribution >= 4 is 16.0 Å². The van der Waals surface area contributed by atoms with Gasteiger partial charge in [-0.15, -0.1) is 0 Å². The zero-order chi connectivity index (χ0) is 21.5. The van der Waals surface area contributed by atoms with Crippen LogP contribution in [0.25, 0.3) is 0 Å². The van der Waals surface area contributed by atoms with Crippen LogP contribution in [0.4, 0.5) is 0 Å². The molecule has 2 aromatic rings. The molecule has 29 heavy (non-hydrogen) atoms. The lowest BCUT2D eigenvalue weighted by molar-refractivity contribution is 0.379. The molecule has 0 unspecified atom stereocenters. The van der Waals surface area contributed by atoms with Crippen molar-refractivity contribution in [2.24, 2.45) is 4.99 Å². The summed E-state index contributed by atoms with van der Waals surface area (Å²) in [6.45, 7) is 9.77. The predicted octanol–water partition coefficient (Wildman–Crippen LogP) is 2.28. The molecular formula is C20H31N5O3S. The van der Waals surface area contributed by atoms with Crippen LogP contribution in [-0.4, -0.2) is 33.0 Å². The Bertz CT molecular complexity index is 930. The molecule has 0 aliphatic rings. The molecule has 0 spiro atoms. The predicted molar refractivity (Wildman–Crippen MR) is 115 cm³/mol. The van der Waals surface area contributed by atoms with Crippen LogP contribution < -0.4 is 15.4 Å². The smallest absolute Gasteiger partial charge is 0.215 e. The summed E-state index contributed by atoms with van der Waals surface area (Å²) in [5.74, 6) is 2.01. The molecule has 1 heterocycles. The minimum atomic E-state index is -3.30. The number of hydrogen-bond donors (Lipinski definition) is 3. The van der Waals surface area contributed by atoms with Crippen molar-refractivity contribution in [2.45, 2.75) is 52.0 Å². The van der Waals surface area contributed by atoms with Gasteiger partial charge in [0.05, 0.1) is 25.0 Å². The maximum absolute atomic E-state index is 11.7. The average molecular weight is 422 g/mol. The molecule has 160 valence electrons. The van der Waals surface area contributed by atoms with Crippen LogP contribution in [0.1, 0.15) is 50.5 Å². The third-order valence-corrected chi connectivity index (χ3v) is 5.46. The van der Waals surface area contributed by atoms with Gasteiger partial charge in [0.1, 0.15) is 5.76 Å². The number of benzene rings is 1. The van der Waals surface area contributed by atoms with E-state index in [0.29, 0.717) is 31.5 Å². The van der Waals surface area contributed by atoms with E-state index in [1.54, 1.807) is 12.3 Å². The first kappa shape index (κ1) is 22.9. The molecule has 0 fully saturated rings. The molecular weight excluding hydrogens is 390 g/mol. The molecule has 9 heteroatoms. The van der Waals surface area contributed by atoms with Crippen LogP contribution in [0.3, 0.4) is 0 Å². The van der Waals surface area contributed by atoms with Gasteiger partial charge in [0, 0.05) is 12.0 Å². The first-order valence-corrected chi connectivity index (χ1v) is 11.2. The lowest BCUT2D eigenvalue weighted by Gasteiger charge is -2.13. The molecule has 0 saturated heterocycles. The van der Waals surface area contributed by atoms with Crippen molar-refractivity contribution in [1.29, 1.82) is 0 Å². The standard InChI is InChI=1S/C20H31N5O3S/c1-6-22-19(25-13-18-23-12-17(28-18)20(2,3)4)24-11-15-8-7-9-16(10-15)14-29(26,27)21-5/h7-10,12,21H,6,11,13-14H2,1-5H3,(H2,22,24,25). The summed E-state index contributed by atoms with van der Waals surface area (Å²) in [5.41, 5.74) is 1.56. The van der Waals surface area contributed by atoms with E-state index in [1.165, 1.54) is 7.05 Å². The van der Waals surface area contributed by atoms with Crippen molar-refractivity contribution in [3.8, 4) is 0 Å². The van der Waals surface area contributed by atoms with Crippen LogP contribution in [0.2, 0.25) is 0 Å². The Balaban J connectivity index is 2.02. The van der Waals surface area contributed by atoms with Gasteiger partial charge < -0.3 is 15.1 Å². The highest BCUT2D eigenvalue weighted by atomic mass is 32.2. The molecule has 0 amide bonds. The first-order chi connectivity index (χ1) is 13.6. The Morgan fingerprint density at radius 1 is 1.21 bits per heavy atom. The first-order valence-electron chi connectivity index (χ1n) is 9.59. The van der Waals surface area contributed by atoms with E-state index in [9.17, 15) is 8.42 Å². The minimum Gasteiger partial charge on any atom is -0.443 e. The number of sulfonamides is 1. The number of aliphatic imine (C=N–C) groups is 1. The van der Waals surface area contributed by atoms with E-state index in [-0.39, 0.29) is 11.2 Å². The molecule has 0 bridgehead atoms. The van der Waals surface area contributed by atoms with Gasteiger partial charge in [-0.3, -0.25) is 0 Å². The van der Waals surface area contributed by atoms with Gasteiger partial charge in [0.15, 0.2) is 5.96 Å². The Labute approximate surface area is 173 Å². The van der Waals surface area contributed by atoms with Crippen molar-refractivity contribution in [2.75, 3.05) is 13.6 Å². The molecule has 0 aliphatic heterocycles. The molecule has 1 aromatic heterocycles. The van der Waals surface area contributed by atoms with Gasteiger partial charge in [-0.2, -0.15) is 0 Å². The molecule has 0 radical (unpaired) electrons. The average Bonchev–Trinajstić information content (AvgIpc) is 3.13. The van der Waals surface area contributed by atoms with E-state index in [4.69, 9.17) is 4.42 Å². The molecule has 0 atom stereocenters. The fourth-order valence-corrected chi connectivity index (χ4v) is 3.28. The molecule has 1 aromatic carbocycles. The Hall–Kier alpha value is -2.39. The van der Waals surface area contributed by atoms with Gasteiger partial charge in [0.2, 0.25) is 15.9 Å². The van der Waals surface area contributed by atoms with Crippen molar-refractivity contribution in [3.63, 3.8) is 0 Å². The largest absolute Gasteiger partial charge is 0.443 e. The van der Waals surface area contributed by atoms with Crippen LogP contribution >= 0.6 is 0 Å². The van der Waals surface area contributed by atoms with Gasteiger partial charge in [-0.05, 0) is 25.1 Å². The highest BCUT2D eigenvalue weighted by molar-refractivity contribution is 7.88. The topological polar surface area (TPSA) is 109 Å². The number of guanidine groups is 1. The van der Waals surface area contributed by atoms with Gasteiger partial charge in [-0.1, -0.05) is 45.0 Å². The summed E-state index contributed by atoms with van der Waals surface area (Å²) < 4.78 is 31.6. The van der Waals surface area contributed by atoms with Crippen LogP contribution in [0.5, 0.6) is 0 Å². The van der Waals surface area contributed by atoms with Gasteiger partial charge in [-0.25, -0.2) is 23.1 Å². The summed E-state index contributed by atoms with van der Waals surface area (Å²) in [4.78, 5) is 8.88. The molecule has 8 nitrogen and oxygen atoms in total. The zero-order valence-corrected chi connectivity index (χ0v) is 18.6. The second-order valence-corrected chi connectivity index (χ2v) is 9.63. The van der Waals surface area contributed by atoms with Crippen molar-refractivity contribution < 1.29 is 12.8 Å². The highest BCUT2D eigenvalue weighted by Crippen LogP contribution is 2.22. The summed E-state index contributed by atoms with van der Waals surface area (Å²) in [5, 5.41) is 6.40. The lowest BCUT2D eigenvalue weighted by atomic mass is 9.94. The second kappa shape index (κ2) is 9.89. The van der Waals surface area contributed by atoms with Gasteiger partial charge >= 0.3 is 0 Å². The number of hydrogen-bond acceptors (Lipinski definition) is 5. The van der Waals surface area contributed by atoms with Crippen LogP contribution in [0, 0.1) is 0 Å². The Kier molecular flexibility index (Phi) is 7.80. The van der Waals surface area contributed by atoms with E-state index in [0.717, 1.165) is 16.9 Å². The van der Waals surface area contributed by atoms with Crippen molar-refractivity contribution in [1.82, 2.24) is 20.3 Å². The van der Waals surface area contributed by atoms with Gasteiger partial charge in [0.25, 0.3) is 0 Å². The normalized spacial score (nSPS) is 12.8. The summed E-state index contributed by atoms with van der Waals surface area (Å²) in [7, 11) is -1.89. The summed E-state index contributed by atoms with van der Waals surface area (Å²) >= 11 is 0. The van der Waals surface area contributed by atoms with Crippen molar-refractivity contribution in [3.05, 3.63) is 53.2 Å². The zero-order valence-electron chi connectivity index (χ0n) is 17.7. The van der Waals surface area contributed by atoms with Crippen LogP contribution in [0.15, 0.2) is 39.9 Å². The third kappa shape index (κ3) is 7.51. The van der Waals surface area contributed by atoms with E-state index in [1.807, 2.05) is 25.1 Å². The fraction of sp³-hybridized carbons (Fsp3) is 0.500. The molecule has 0 aliphatic carbocycles. The minimum absolute atomic E-state index is 0.0559. The third-order valence-electron chi connectivity index (χ3n) is 4.12. The number of oxazole rings is 1. The lowest BCUT2D eigenvalue weighted by Crippen LogP contribution is -2.36. The van der Waals surface area contributed by atoms with E-state index >= 15 is 0 Å². The Morgan fingerprint density at radius 2 is 1.93 bits per heavy atom. The number of nitrogens with one attached hydrogen (secondary N) is 3. The Morgan fingerprint density at radius 3 is 2.55 bits per heavy atom. The maximum Gasteiger partial charge on any atom is 0.215 e. The summed E-state index contributed by atoms with van der Waals surface area (Å²) in [6.07, 6.45) is 1.76. The van der Waals surface area contributed by atoms with E-state index in [2.05, 4.69) is 46.1 Å². The highest BCUT2D eigenvalue weighted by Gasteiger charge is 2.19. The molecule has 0 saturated carbocycles. The monoisotopic (exact) mass is 421 g/mol. The number of nitrogens with zero attached hydrogens (tertiary/aromatic N) is 2. The number of aromatic nitrogens is 1. The molecule has 3 N–H and O–H groups in total. The SMILES string of the molecule is CCNC(=NCc1cccc(CS(=O)(=O)NC)c1)NCc1ncc(C(C)(C)C)o1. The quantitative estimate of drug-likeness (QED) is 0.446. The fourth-order valence-electron chi connectivity index (χ4n) is 2.52. The molecule has 2 rings (SSSR count). The van der Waals surface area contributed by atoms with E-state index < -0.39 is 10.0 Å². The second-order valence-electron chi connectivity index (χ2n) is 7.70. The van der Waals surface area contributed by atoms with Crippen LogP contribution in [-0.2, 0) is 34.3 Å². The maximum atomic E-state index is 11.7.